The largest absolute Gasteiger partial charge is 0.380 e. The van der Waals surface area contributed by atoms with E-state index < -0.39 is 40.5 Å². The van der Waals surface area contributed by atoms with Crippen molar-refractivity contribution in [2.45, 2.75) is 42.8 Å². The van der Waals surface area contributed by atoms with Gasteiger partial charge in [0.15, 0.2) is 29.6 Å². The number of hydrogen-bond donors (Lipinski definition) is 2. The lowest BCUT2D eigenvalue weighted by Crippen LogP contribution is -2.56. The van der Waals surface area contributed by atoms with Crippen LogP contribution in [0.5, 0.6) is 0 Å². The van der Waals surface area contributed by atoms with Crippen molar-refractivity contribution < 1.29 is 29.3 Å². The number of methoxy groups -OCH3 is 1. The number of carbonyl (C=O) groups is 2. The molecule has 1 fully saturated rings. The Hall–Kier alpha value is -1.90. The monoisotopic (exact) mass is 462 g/mol. The first-order valence-corrected chi connectivity index (χ1v) is 10.1. The van der Waals surface area contributed by atoms with E-state index >= 15 is 0 Å². The van der Waals surface area contributed by atoms with Crippen molar-refractivity contribution in [1.29, 1.82) is 0 Å². The van der Waals surface area contributed by atoms with Gasteiger partial charge in [0, 0.05) is 12.7 Å². The molecule has 1 saturated heterocycles. The summed E-state index contributed by atoms with van der Waals surface area (Å²) >= 11 is 3.28. The number of Topliss-reactive ketones (excluding diaryl/α,β-unsaturated/α-hetero) is 2. The number of alkyl halides is 1. The van der Waals surface area contributed by atoms with E-state index in [4.69, 9.17) is 9.47 Å². The van der Waals surface area contributed by atoms with Crippen LogP contribution in [0.4, 0.5) is 0 Å². The number of carbonyl (C=O) groups excluding carboxylic acids is 2. The summed E-state index contributed by atoms with van der Waals surface area (Å²) in [6.45, 7) is 3.50. The molecule has 0 aliphatic carbocycles. The number of aryl methyl sites for hydroxylation is 2. The third-order valence-electron chi connectivity index (χ3n) is 5.33. The van der Waals surface area contributed by atoms with Gasteiger partial charge in [-0.15, -0.1) is 0 Å². The molecular weight excluding hydrogens is 440 g/mol. The average molecular weight is 463 g/mol. The Morgan fingerprint density at radius 2 is 1.69 bits per heavy atom. The second-order valence-electron chi connectivity index (χ2n) is 7.15. The normalized spacial score (nSPS) is 27.6. The SMILES string of the molecule is CO[C@H]1O[C@@H](C(=O)C(O)c2ccccc2C)[C@@](O)(C(=O)c2ccccc2C)[C@H]1Br. The molecule has 0 spiro atoms. The molecule has 2 aromatic carbocycles. The Bertz CT molecular complexity index is 929. The third-order valence-corrected chi connectivity index (χ3v) is 6.46. The van der Waals surface area contributed by atoms with Crippen molar-refractivity contribution in [2.24, 2.45) is 0 Å². The van der Waals surface area contributed by atoms with Crippen LogP contribution in [-0.2, 0) is 14.3 Å². The van der Waals surface area contributed by atoms with Gasteiger partial charge in [0.05, 0.1) is 0 Å². The Morgan fingerprint density at radius 3 is 2.28 bits per heavy atom. The van der Waals surface area contributed by atoms with Crippen molar-refractivity contribution >= 4 is 27.5 Å². The van der Waals surface area contributed by atoms with E-state index in [1.165, 1.54) is 7.11 Å². The Labute approximate surface area is 177 Å². The van der Waals surface area contributed by atoms with Crippen molar-refractivity contribution in [3.05, 3.63) is 70.8 Å². The minimum atomic E-state index is -2.26. The smallest absolute Gasteiger partial charge is 0.199 e. The number of halogens is 1. The van der Waals surface area contributed by atoms with Crippen LogP contribution in [0.25, 0.3) is 0 Å². The van der Waals surface area contributed by atoms with E-state index in [-0.39, 0.29) is 5.56 Å². The number of aliphatic hydroxyl groups excluding tert-OH is 1. The fraction of sp³-hybridized carbons (Fsp3) is 0.364. The predicted molar refractivity (Wildman–Crippen MR) is 110 cm³/mol. The van der Waals surface area contributed by atoms with Crippen LogP contribution in [-0.4, -0.2) is 51.7 Å². The second-order valence-corrected chi connectivity index (χ2v) is 8.14. The zero-order valence-electron chi connectivity index (χ0n) is 16.3. The molecule has 154 valence electrons. The molecule has 1 heterocycles. The number of aliphatic hydroxyl groups is 2. The van der Waals surface area contributed by atoms with Crippen LogP contribution in [0, 0.1) is 13.8 Å². The second kappa shape index (κ2) is 8.45. The van der Waals surface area contributed by atoms with Gasteiger partial charge in [-0.05, 0) is 30.5 Å². The maximum absolute atomic E-state index is 13.4. The van der Waals surface area contributed by atoms with Gasteiger partial charge >= 0.3 is 0 Å². The molecule has 2 N–H and O–H groups in total. The Morgan fingerprint density at radius 1 is 1.10 bits per heavy atom. The van der Waals surface area contributed by atoms with Gasteiger partial charge in [0.1, 0.15) is 10.9 Å². The lowest BCUT2D eigenvalue weighted by Gasteiger charge is -2.30. The highest BCUT2D eigenvalue weighted by atomic mass is 79.9. The van der Waals surface area contributed by atoms with Crippen LogP contribution in [0.15, 0.2) is 48.5 Å². The minimum absolute atomic E-state index is 0.267. The van der Waals surface area contributed by atoms with Crippen molar-refractivity contribution in [3.63, 3.8) is 0 Å². The number of ketones is 2. The van der Waals surface area contributed by atoms with E-state index in [1.807, 2.05) is 0 Å². The number of ether oxygens (including phenoxy) is 2. The molecule has 0 bridgehead atoms. The first kappa shape index (κ1) is 21.8. The summed E-state index contributed by atoms with van der Waals surface area (Å²) in [7, 11) is 1.35. The topological polar surface area (TPSA) is 93.1 Å². The Balaban J connectivity index is 2.03. The molecule has 2 aromatic rings. The molecular formula is C22H23BrO6. The molecule has 1 aliphatic rings. The summed E-state index contributed by atoms with van der Waals surface area (Å²) in [5, 5.41) is 22.2. The molecule has 0 aromatic heterocycles. The van der Waals surface area contributed by atoms with Gasteiger partial charge in [0.25, 0.3) is 0 Å². The summed E-state index contributed by atoms with van der Waals surface area (Å²) in [6.07, 6.45) is -4.22. The van der Waals surface area contributed by atoms with Crippen LogP contribution >= 0.6 is 15.9 Å². The molecule has 6 nitrogen and oxygen atoms in total. The lowest BCUT2D eigenvalue weighted by atomic mass is 9.81. The zero-order valence-corrected chi connectivity index (χ0v) is 17.9. The average Bonchev–Trinajstić information content (AvgIpc) is 2.98. The van der Waals surface area contributed by atoms with Gasteiger partial charge in [-0.1, -0.05) is 64.5 Å². The van der Waals surface area contributed by atoms with Crippen LogP contribution < -0.4 is 0 Å². The molecule has 0 saturated carbocycles. The van der Waals surface area contributed by atoms with Gasteiger partial charge in [0.2, 0.25) is 0 Å². The summed E-state index contributed by atoms with van der Waals surface area (Å²) in [6, 6.07) is 13.6. The van der Waals surface area contributed by atoms with Crippen LogP contribution in [0.1, 0.15) is 33.2 Å². The number of rotatable bonds is 6. The molecule has 3 rings (SSSR count). The molecule has 29 heavy (non-hydrogen) atoms. The molecule has 7 heteroatoms. The highest BCUT2D eigenvalue weighted by molar-refractivity contribution is 9.09. The summed E-state index contributed by atoms with van der Waals surface area (Å²) in [5.41, 5.74) is -0.245. The predicted octanol–water partition coefficient (Wildman–Crippen LogP) is 2.65. The van der Waals surface area contributed by atoms with E-state index in [2.05, 4.69) is 15.9 Å². The summed E-state index contributed by atoms with van der Waals surface area (Å²) in [5.74, 6) is -1.49. The molecule has 5 atom stereocenters. The van der Waals surface area contributed by atoms with Gasteiger partial charge < -0.3 is 19.7 Å². The standard InChI is InChI=1S/C22H23BrO6/c1-12-8-4-6-10-14(12)16(24)17(25)20-22(27,18(23)21(28-3)29-20)19(26)15-11-7-5-9-13(15)2/h4-11,16,18,20-21,24,27H,1-3H3/t16?,18-,20-,21-,22-/m0/s1. The fourth-order valence-corrected chi connectivity index (χ4v) is 4.38. The number of benzene rings is 2. The highest BCUT2D eigenvalue weighted by Gasteiger charge is 2.63. The summed E-state index contributed by atoms with van der Waals surface area (Å²) in [4.78, 5) is 25.5. The van der Waals surface area contributed by atoms with E-state index in [0.717, 1.165) is 0 Å². The van der Waals surface area contributed by atoms with Gasteiger partial charge in [-0.3, -0.25) is 9.59 Å². The molecule has 1 unspecified atom stereocenters. The zero-order chi connectivity index (χ0) is 21.3. The maximum atomic E-state index is 13.4. The van der Waals surface area contributed by atoms with E-state index in [9.17, 15) is 19.8 Å². The molecule has 1 aliphatic heterocycles. The number of hydrogen-bond acceptors (Lipinski definition) is 6. The van der Waals surface area contributed by atoms with Gasteiger partial charge in [-0.2, -0.15) is 0 Å². The first-order valence-electron chi connectivity index (χ1n) is 9.16. The quantitative estimate of drug-likeness (QED) is 0.506. The van der Waals surface area contributed by atoms with Gasteiger partial charge in [-0.25, -0.2) is 0 Å². The van der Waals surface area contributed by atoms with Crippen molar-refractivity contribution in [3.8, 4) is 0 Å². The first-order chi connectivity index (χ1) is 13.7. The van der Waals surface area contributed by atoms with Crippen molar-refractivity contribution in [2.75, 3.05) is 7.11 Å². The third kappa shape index (κ3) is 3.69. The minimum Gasteiger partial charge on any atom is -0.380 e. The maximum Gasteiger partial charge on any atom is 0.199 e. The highest BCUT2D eigenvalue weighted by Crippen LogP contribution is 2.41. The van der Waals surface area contributed by atoms with E-state index in [0.29, 0.717) is 16.7 Å². The van der Waals surface area contributed by atoms with Crippen LogP contribution in [0.2, 0.25) is 0 Å². The fourth-order valence-electron chi connectivity index (χ4n) is 3.60. The Kier molecular flexibility index (Phi) is 6.36. The van der Waals surface area contributed by atoms with Crippen molar-refractivity contribution in [1.82, 2.24) is 0 Å². The summed E-state index contributed by atoms with van der Waals surface area (Å²) < 4.78 is 10.8. The molecule has 0 amide bonds. The van der Waals surface area contributed by atoms with Crippen LogP contribution in [0.3, 0.4) is 0 Å². The lowest BCUT2D eigenvalue weighted by molar-refractivity contribution is -0.159. The molecule has 0 radical (unpaired) electrons. The van der Waals surface area contributed by atoms with E-state index in [1.54, 1.807) is 62.4 Å².